The number of aryl methyl sites for hydroxylation is 1. The van der Waals surface area contributed by atoms with Gasteiger partial charge in [0.05, 0.1) is 26.2 Å². The number of quaternary nitrogens is 1. The number of para-hydroxylation sites is 1. The fourth-order valence-electron chi connectivity index (χ4n) is 3.59. The Bertz CT molecular complexity index is 921. The summed E-state index contributed by atoms with van der Waals surface area (Å²) in [6.45, 7) is 7.31. The van der Waals surface area contributed by atoms with Crippen molar-refractivity contribution >= 4 is 17.9 Å². The molecular formula is C21H26N5S+. The van der Waals surface area contributed by atoms with Crippen molar-refractivity contribution in [1.82, 2.24) is 14.8 Å². The summed E-state index contributed by atoms with van der Waals surface area (Å²) in [4.78, 5) is 8.54. The summed E-state index contributed by atoms with van der Waals surface area (Å²) in [5.74, 6) is 0.852. The van der Waals surface area contributed by atoms with Crippen molar-refractivity contribution in [3.8, 4) is 11.4 Å². The average Bonchev–Trinajstić information content (AvgIpc) is 3.09. The third-order valence-electron chi connectivity index (χ3n) is 5.29. The first-order valence-electron chi connectivity index (χ1n) is 9.62. The molecule has 2 aromatic carbocycles. The number of aromatic nitrogens is 3. The molecule has 27 heavy (non-hydrogen) atoms. The largest absolute Gasteiger partial charge is 0.360 e. The van der Waals surface area contributed by atoms with Gasteiger partial charge in [-0.05, 0) is 36.3 Å². The normalized spacial score (nSPS) is 15.2. The predicted molar refractivity (Wildman–Crippen MR) is 112 cm³/mol. The van der Waals surface area contributed by atoms with Gasteiger partial charge in [0, 0.05) is 11.3 Å². The van der Waals surface area contributed by atoms with E-state index in [4.69, 9.17) is 12.2 Å². The van der Waals surface area contributed by atoms with E-state index in [0.717, 1.165) is 50.7 Å². The van der Waals surface area contributed by atoms with Crippen LogP contribution in [0.5, 0.6) is 0 Å². The van der Waals surface area contributed by atoms with Crippen molar-refractivity contribution in [3.05, 3.63) is 64.9 Å². The Morgan fingerprint density at radius 2 is 1.74 bits per heavy atom. The summed E-state index contributed by atoms with van der Waals surface area (Å²) in [7, 11) is 0. The SMILES string of the molecule is CCc1ccc(-c2nc(=S)n(C[NH+]3CCN(c4ccccc4)CC3)[nH]2)cc1. The minimum absolute atomic E-state index is 0.627. The predicted octanol–water partition coefficient (Wildman–Crippen LogP) is 2.53. The number of hydrogen-bond acceptors (Lipinski definition) is 3. The molecule has 0 radical (unpaired) electrons. The van der Waals surface area contributed by atoms with E-state index in [1.807, 2.05) is 4.68 Å². The number of H-pyrrole nitrogens is 1. The van der Waals surface area contributed by atoms with Gasteiger partial charge in [-0.25, -0.2) is 4.68 Å². The monoisotopic (exact) mass is 380 g/mol. The zero-order valence-electron chi connectivity index (χ0n) is 15.7. The zero-order valence-corrected chi connectivity index (χ0v) is 16.5. The molecule has 0 spiro atoms. The lowest BCUT2D eigenvalue weighted by Crippen LogP contribution is -3.14. The molecule has 1 aromatic heterocycles. The third kappa shape index (κ3) is 4.12. The van der Waals surface area contributed by atoms with E-state index in [9.17, 15) is 0 Å². The van der Waals surface area contributed by atoms with Crippen molar-refractivity contribution in [3.63, 3.8) is 0 Å². The molecule has 1 fully saturated rings. The van der Waals surface area contributed by atoms with Crippen molar-refractivity contribution < 1.29 is 4.90 Å². The van der Waals surface area contributed by atoms with Crippen LogP contribution in [0.15, 0.2) is 54.6 Å². The number of anilines is 1. The van der Waals surface area contributed by atoms with Gasteiger partial charge in [-0.2, -0.15) is 4.98 Å². The molecule has 140 valence electrons. The molecule has 2 heterocycles. The van der Waals surface area contributed by atoms with Crippen LogP contribution < -0.4 is 9.80 Å². The fraction of sp³-hybridized carbons (Fsp3) is 0.333. The number of benzene rings is 2. The first-order valence-corrected chi connectivity index (χ1v) is 10.0. The molecule has 4 rings (SSSR count). The van der Waals surface area contributed by atoms with E-state index in [0.29, 0.717) is 4.77 Å². The smallest absolute Gasteiger partial charge is 0.221 e. The lowest BCUT2D eigenvalue weighted by molar-refractivity contribution is -0.924. The molecular weight excluding hydrogens is 354 g/mol. The van der Waals surface area contributed by atoms with Crippen LogP contribution in [0.1, 0.15) is 12.5 Å². The Labute approximate surface area is 165 Å². The fourth-order valence-corrected chi connectivity index (χ4v) is 3.79. The van der Waals surface area contributed by atoms with Gasteiger partial charge in [0.15, 0.2) is 12.5 Å². The second kappa shape index (κ2) is 8.06. The van der Waals surface area contributed by atoms with Gasteiger partial charge in [-0.15, -0.1) is 0 Å². The Balaban J connectivity index is 1.40. The topological polar surface area (TPSA) is 41.3 Å². The van der Waals surface area contributed by atoms with Gasteiger partial charge < -0.3 is 9.80 Å². The quantitative estimate of drug-likeness (QED) is 0.669. The summed E-state index contributed by atoms with van der Waals surface area (Å²) < 4.78 is 2.63. The van der Waals surface area contributed by atoms with E-state index in [1.165, 1.54) is 16.2 Å². The molecule has 1 saturated heterocycles. The number of rotatable bonds is 5. The lowest BCUT2D eigenvalue weighted by Gasteiger charge is -2.33. The highest BCUT2D eigenvalue weighted by atomic mass is 32.1. The minimum atomic E-state index is 0.627. The highest BCUT2D eigenvalue weighted by Gasteiger charge is 2.21. The summed E-state index contributed by atoms with van der Waals surface area (Å²) in [5.41, 5.74) is 3.73. The second-order valence-corrected chi connectivity index (χ2v) is 7.43. The van der Waals surface area contributed by atoms with Crippen molar-refractivity contribution in [1.29, 1.82) is 0 Å². The van der Waals surface area contributed by atoms with E-state index in [1.54, 1.807) is 0 Å². The van der Waals surface area contributed by atoms with Crippen molar-refractivity contribution in [2.24, 2.45) is 0 Å². The van der Waals surface area contributed by atoms with Gasteiger partial charge in [0.2, 0.25) is 4.77 Å². The van der Waals surface area contributed by atoms with Crippen LogP contribution in [0, 0.1) is 4.77 Å². The Morgan fingerprint density at radius 1 is 1.04 bits per heavy atom. The van der Waals surface area contributed by atoms with Crippen LogP contribution in [0.4, 0.5) is 5.69 Å². The van der Waals surface area contributed by atoms with E-state index in [2.05, 4.69) is 76.5 Å². The maximum absolute atomic E-state index is 5.49. The number of aromatic amines is 1. The molecule has 0 amide bonds. The first kappa shape index (κ1) is 17.9. The minimum Gasteiger partial charge on any atom is -0.360 e. The molecule has 5 nitrogen and oxygen atoms in total. The highest BCUT2D eigenvalue weighted by molar-refractivity contribution is 7.71. The molecule has 0 atom stereocenters. The Hall–Kier alpha value is -2.44. The van der Waals surface area contributed by atoms with Gasteiger partial charge in [0.1, 0.15) is 0 Å². The molecule has 2 N–H and O–H groups in total. The van der Waals surface area contributed by atoms with Gasteiger partial charge in [-0.1, -0.05) is 49.4 Å². The number of nitrogens with zero attached hydrogens (tertiary/aromatic N) is 3. The number of piperazine rings is 1. The molecule has 0 bridgehead atoms. The lowest BCUT2D eigenvalue weighted by atomic mass is 10.1. The Morgan fingerprint density at radius 3 is 2.41 bits per heavy atom. The molecule has 6 heteroatoms. The Kier molecular flexibility index (Phi) is 5.36. The zero-order chi connectivity index (χ0) is 18.6. The van der Waals surface area contributed by atoms with Gasteiger partial charge in [-0.3, -0.25) is 5.10 Å². The highest BCUT2D eigenvalue weighted by Crippen LogP contribution is 2.16. The summed E-state index contributed by atoms with van der Waals surface area (Å²) in [6.07, 6.45) is 1.04. The standard InChI is InChI=1S/C21H25N5S/c1-2-17-8-10-18(11-9-17)20-22-21(27)26(23-20)16-24-12-14-25(15-13-24)19-6-4-3-5-7-19/h3-11H,2,12-16H2,1H3,(H,22,23,27)/p+1. The van der Waals surface area contributed by atoms with E-state index >= 15 is 0 Å². The molecule has 1 aliphatic rings. The van der Waals surface area contributed by atoms with Crippen LogP contribution in [-0.4, -0.2) is 40.9 Å². The number of nitrogens with one attached hydrogen (secondary N) is 2. The molecule has 0 aliphatic carbocycles. The van der Waals surface area contributed by atoms with Crippen LogP contribution in [-0.2, 0) is 13.1 Å². The molecule has 1 aliphatic heterocycles. The van der Waals surface area contributed by atoms with E-state index in [-0.39, 0.29) is 0 Å². The summed E-state index contributed by atoms with van der Waals surface area (Å²) in [5, 5.41) is 3.39. The average molecular weight is 381 g/mol. The van der Waals surface area contributed by atoms with Crippen LogP contribution in [0.25, 0.3) is 11.4 Å². The maximum atomic E-state index is 5.49. The van der Waals surface area contributed by atoms with Crippen molar-refractivity contribution in [2.75, 3.05) is 31.1 Å². The molecule has 0 unspecified atom stereocenters. The van der Waals surface area contributed by atoms with E-state index < -0.39 is 0 Å². The molecule has 3 aromatic rings. The summed E-state index contributed by atoms with van der Waals surface area (Å²) in [6, 6.07) is 19.2. The number of hydrogen-bond donors (Lipinski definition) is 2. The third-order valence-corrected chi connectivity index (χ3v) is 5.60. The van der Waals surface area contributed by atoms with Gasteiger partial charge in [0.25, 0.3) is 0 Å². The van der Waals surface area contributed by atoms with Gasteiger partial charge >= 0.3 is 0 Å². The molecule has 0 saturated carbocycles. The van der Waals surface area contributed by atoms with Crippen LogP contribution in [0.3, 0.4) is 0 Å². The second-order valence-electron chi connectivity index (χ2n) is 7.06. The summed E-state index contributed by atoms with van der Waals surface area (Å²) >= 11 is 5.49. The maximum Gasteiger partial charge on any atom is 0.221 e. The van der Waals surface area contributed by atoms with Crippen LogP contribution >= 0.6 is 12.2 Å². The van der Waals surface area contributed by atoms with Crippen LogP contribution in [0.2, 0.25) is 0 Å². The van der Waals surface area contributed by atoms with Crippen molar-refractivity contribution in [2.45, 2.75) is 20.0 Å². The first-order chi connectivity index (χ1) is 13.2.